The summed E-state index contributed by atoms with van der Waals surface area (Å²) in [5.74, 6) is 0. The lowest BCUT2D eigenvalue weighted by molar-refractivity contribution is 0.602. The van der Waals surface area contributed by atoms with E-state index in [0.29, 0.717) is 11.0 Å². The Morgan fingerprint density at radius 2 is 2.08 bits per heavy atom. The Kier molecular flexibility index (Phi) is 1.73. The van der Waals surface area contributed by atoms with Gasteiger partial charge in [0.15, 0.2) is 5.43 Å². The van der Waals surface area contributed by atoms with Crippen molar-refractivity contribution in [1.82, 2.24) is 0 Å². The van der Waals surface area contributed by atoms with Crippen LogP contribution in [0.3, 0.4) is 0 Å². The molecule has 3 heteroatoms. The summed E-state index contributed by atoms with van der Waals surface area (Å²) in [5, 5.41) is 0.612. The molecule has 0 atom stereocenters. The van der Waals surface area contributed by atoms with Crippen LogP contribution >= 0.6 is 15.9 Å². The number of fused-ring (bicyclic) bond motifs is 1. The van der Waals surface area contributed by atoms with Gasteiger partial charge < -0.3 is 4.42 Å². The second-order valence-electron chi connectivity index (χ2n) is 2.43. The zero-order valence-corrected chi connectivity index (χ0v) is 7.67. The highest BCUT2D eigenvalue weighted by Gasteiger charge is 1.98. The average molecular weight is 225 g/mol. The number of rotatable bonds is 0. The Labute approximate surface area is 76.9 Å². The van der Waals surface area contributed by atoms with Crippen LogP contribution < -0.4 is 5.43 Å². The van der Waals surface area contributed by atoms with Crippen LogP contribution in [-0.4, -0.2) is 0 Å². The molecule has 60 valence electrons. The van der Waals surface area contributed by atoms with E-state index >= 15 is 0 Å². The lowest BCUT2D eigenvalue weighted by atomic mass is 10.2. The molecule has 2 aromatic rings. The first-order valence-electron chi connectivity index (χ1n) is 3.44. The summed E-state index contributed by atoms with van der Waals surface area (Å²) < 4.78 is 6.05. The SMILES string of the molecule is O=c1ccoc2cc(Br)ccc12. The summed E-state index contributed by atoms with van der Waals surface area (Å²) in [4.78, 5) is 11.2. The molecule has 12 heavy (non-hydrogen) atoms. The van der Waals surface area contributed by atoms with Gasteiger partial charge in [-0.3, -0.25) is 4.79 Å². The average Bonchev–Trinajstić information content (AvgIpc) is 2.04. The van der Waals surface area contributed by atoms with E-state index < -0.39 is 0 Å². The van der Waals surface area contributed by atoms with Crippen molar-refractivity contribution in [3.05, 3.63) is 45.2 Å². The molecule has 0 aliphatic heterocycles. The first-order chi connectivity index (χ1) is 5.77. The summed E-state index contributed by atoms with van der Waals surface area (Å²) >= 11 is 3.29. The zero-order chi connectivity index (χ0) is 8.55. The fraction of sp³-hybridized carbons (Fsp3) is 0. The van der Waals surface area contributed by atoms with Gasteiger partial charge in [-0.15, -0.1) is 0 Å². The van der Waals surface area contributed by atoms with Crippen molar-refractivity contribution in [2.24, 2.45) is 0 Å². The first-order valence-corrected chi connectivity index (χ1v) is 4.24. The van der Waals surface area contributed by atoms with Crippen molar-refractivity contribution in [2.45, 2.75) is 0 Å². The Bertz CT molecular complexity index is 473. The van der Waals surface area contributed by atoms with Crippen molar-refractivity contribution in [1.29, 1.82) is 0 Å². The predicted octanol–water partition coefficient (Wildman–Crippen LogP) is 2.56. The Balaban J connectivity index is 2.96. The van der Waals surface area contributed by atoms with Crippen LogP contribution in [0.5, 0.6) is 0 Å². The molecule has 0 saturated carbocycles. The molecule has 0 radical (unpaired) electrons. The molecule has 0 aliphatic carbocycles. The highest BCUT2D eigenvalue weighted by molar-refractivity contribution is 9.10. The van der Waals surface area contributed by atoms with Gasteiger partial charge in [-0.2, -0.15) is 0 Å². The summed E-state index contributed by atoms with van der Waals surface area (Å²) in [6.45, 7) is 0. The summed E-state index contributed by atoms with van der Waals surface area (Å²) in [6, 6.07) is 6.75. The molecular formula is C9H5BrO2. The van der Waals surface area contributed by atoms with E-state index in [-0.39, 0.29) is 5.43 Å². The van der Waals surface area contributed by atoms with E-state index in [4.69, 9.17) is 4.42 Å². The third-order valence-corrected chi connectivity index (χ3v) is 2.12. The minimum Gasteiger partial charge on any atom is -0.464 e. The lowest BCUT2D eigenvalue weighted by Gasteiger charge is -1.94. The summed E-state index contributed by atoms with van der Waals surface area (Å²) in [7, 11) is 0. The first kappa shape index (κ1) is 7.55. The molecule has 0 fully saturated rings. The van der Waals surface area contributed by atoms with E-state index in [0.717, 1.165) is 4.47 Å². The molecule has 2 rings (SSSR count). The van der Waals surface area contributed by atoms with Gasteiger partial charge in [-0.05, 0) is 18.2 Å². The number of hydrogen-bond donors (Lipinski definition) is 0. The molecular weight excluding hydrogens is 220 g/mol. The fourth-order valence-electron chi connectivity index (χ4n) is 1.06. The molecule has 1 heterocycles. The van der Waals surface area contributed by atoms with Crippen LogP contribution in [0, 0.1) is 0 Å². The number of halogens is 1. The molecule has 0 amide bonds. The van der Waals surface area contributed by atoms with Gasteiger partial charge in [0, 0.05) is 10.5 Å². The smallest absolute Gasteiger partial charge is 0.192 e. The van der Waals surface area contributed by atoms with Gasteiger partial charge in [0.1, 0.15) is 5.58 Å². The van der Waals surface area contributed by atoms with Gasteiger partial charge in [0.05, 0.1) is 11.6 Å². The highest BCUT2D eigenvalue weighted by Crippen LogP contribution is 2.16. The van der Waals surface area contributed by atoms with Crippen molar-refractivity contribution < 1.29 is 4.42 Å². The van der Waals surface area contributed by atoms with E-state index in [2.05, 4.69) is 15.9 Å². The van der Waals surface area contributed by atoms with Crippen molar-refractivity contribution in [3.8, 4) is 0 Å². The van der Waals surface area contributed by atoms with Gasteiger partial charge in [-0.25, -0.2) is 0 Å². The molecule has 0 aliphatic rings. The van der Waals surface area contributed by atoms with Crippen LogP contribution in [0.2, 0.25) is 0 Å². The van der Waals surface area contributed by atoms with Crippen LogP contribution in [0.15, 0.2) is 44.2 Å². The van der Waals surface area contributed by atoms with E-state index in [1.54, 1.807) is 12.1 Å². The second kappa shape index (κ2) is 2.75. The van der Waals surface area contributed by atoms with E-state index in [1.807, 2.05) is 6.07 Å². The molecule has 0 saturated heterocycles. The normalized spacial score (nSPS) is 10.4. The van der Waals surface area contributed by atoms with E-state index in [9.17, 15) is 4.79 Å². The van der Waals surface area contributed by atoms with Crippen molar-refractivity contribution >= 4 is 26.9 Å². The van der Waals surface area contributed by atoms with Crippen molar-refractivity contribution in [2.75, 3.05) is 0 Å². The number of hydrogen-bond acceptors (Lipinski definition) is 2. The van der Waals surface area contributed by atoms with Crippen molar-refractivity contribution in [3.63, 3.8) is 0 Å². The Morgan fingerprint density at radius 3 is 2.92 bits per heavy atom. The minimum atomic E-state index is -0.0104. The minimum absolute atomic E-state index is 0.0104. The molecule has 0 N–H and O–H groups in total. The fourth-order valence-corrected chi connectivity index (χ4v) is 1.40. The largest absolute Gasteiger partial charge is 0.464 e. The van der Waals surface area contributed by atoms with Crippen LogP contribution in [-0.2, 0) is 0 Å². The molecule has 0 bridgehead atoms. The molecule has 1 aromatic carbocycles. The van der Waals surface area contributed by atoms with Gasteiger partial charge in [-0.1, -0.05) is 15.9 Å². The molecule has 2 nitrogen and oxygen atoms in total. The van der Waals surface area contributed by atoms with Gasteiger partial charge in [0.25, 0.3) is 0 Å². The second-order valence-corrected chi connectivity index (χ2v) is 3.34. The van der Waals surface area contributed by atoms with Crippen LogP contribution in [0.25, 0.3) is 11.0 Å². The molecule has 0 unspecified atom stereocenters. The topological polar surface area (TPSA) is 30.2 Å². The summed E-state index contributed by atoms with van der Waals surface area (Å²) in [5.41, 5.74) is 0.598. The standard InChI is InChI=1S/C9H5BrO2/c10-6-1-2-7-8(11)3-4-12-9(7)5-6/h1-5H. The quantitative estimate of drug-likeness (QED) is 0.689. The van der Waals surface area contributed by atoms with E-state index in [1.165, 1.54) is 12.3 Å². The van der Waals surface area contributed by atoms with Gasteiger partial charge >= 0.3 is 0 Å². The maximum Gasteiger partial charge on any atom is 0.192 e. The van der Waals surface area contributed by atoms with Gasteiger partial charge in [0.2, 0.25) is 0 Å². The van der Waals surface area contributed by atoms with Crippen LogP contribution in [0.1, 0.15) is 0 Å². The maximum atomic E-state index is 11.2. The number of benzene rings is 1. The Morgan fingerprint density at radius 1 is 1.25 bits per heavy atom. The predicted molar refractivity (Wildman–Crippen MR) is 50.2 cm³/mol. The maximum absolute atomic E-state index is 11.2. The Hall–Kier alpha value is -1.09. The lowest BCUT2D eigenvalue weighted by Crippen LogP contribution is -1.96. The summed E-state index contributed by atoms with van der Waals surface area (Å²) in [6.07, 6.45) is 1.40. The molecule has 1 aromatic heterocycles. The third kappa shape index (κ3) is 1.16. The zero-order valence-electron chi connectivity index (χ0n) is 6.08. The monoisotopic (exact) mass is 224 g/mol. The van der Waals surface area contributed by atoms with Crippen LogP contribution in [0.4, 0.5) is 0 Å². The third-order valence-electron chi connectivity index (χ3n) is 1.62. The molecule has 0 spiro atoms. The highest BCUT2D eigenvalue weighted by atomic mass is 79.9.